The molecule has 0 saturated carbocycles. The Morgan fingerprint density at radius 2 is 0.338 bits per heavy atom. The van der Waals surface area contributed by atoms with E-state index in [9.17, 15) is 61.3 Å². The van der Waals surface area contributed by atoms with Gasteiger partial charge in [-0.15, -0.1) is 0 Å². The van der Waals surface area contributed by atoms with Crippen molar-refractivity contribution < 1.29 is 170 Å². The van der Waals surface area contributed by atoms with Crippen LogP contribution < -0.4 is 34.4 Å². The largest absolute Gasteiger partial charge is 0.466 e. The first-order valence-electron chi connectivity index (χ1n) is 22.6. The van der Waals surface area contributed by atoms with Gasteiger partial charge in [0.15, 0.2) is 37.7 Å². The highest BCUT2D eigenvalue weighted by molar-refractivity contribution is 7.45. The van der Waals surface area contributed by atoms with Gasteiger partial charge in [0.1, 0.15) is 110 Å². The number of hydrogen-bond acceptors (Lipinski definition) is 37. The molecule has 6 fully saturated rings. The molecule has 40 nitrogen and oxygen atoms in total. The van der Waals surface area contributed by atoms with Crippen LogP contribution in [0.3, 0.4) is 0 Å². The molecule has 39 N–H and O–H groups in total. The van der Waals surface area contributed by atoms with Gasteiger partial charge in [-0.1, -0.05) is 0 Å². The summed E-state index contributed by atoms with van der Waals surface area (Å²) in [7, 11) is -4.64. The second-order valence-electron chi connectivity index (χ2n) is 17.4. The van der Waals surface area contributed by atoms with E-state index in [2.05, 4.69) is 0 Å². The van der Waals surface area contributed by atoms with Gasteiger partial charge in [-0.25, -0.2) is 4.57 Å². The third-order valence-corrected chi connectivity index (χ3v) is 11.7. The second kappa shape index (κ2) is 35.6. The van der Waals surface area contributed by atoms with Crippen LogP contribution in [0.1, 0.15) is 0 Å². The molecule has 0 bridgehead atoms. The highest BCUT2D eigenvalue weighted by Gasteiger charge is 2.46. The molecule has 0 aromatic heterocycles. The van der Waals surface area contributed by atoms with Crippen molar-refractivity contribution in [2.24, 2.45) is 34.4 Å². The lowest BCUT2D eigenvalue weighted by Gasteiger charge is -2.38. The SMILES string of the molecule is N[C@H]1C(O)O[C@H](CO)[C@@H](O)[C@@H]1O.N[C@H]1C(O)O[C@H](CO)[C@@H](O)[C@@H]1O.N[C@H]1C(O)O[C@H](CO)[C@@H](O)[C@@H]1O.N[C@H]1C(O)O[C@H](CO)[C@@H](O)[C@@H]1O.N[C@H]1C(O)O[C@H](CO)[C@@H](O)[C@@H]1O.N[C@H]1C(O)O[C@H](CO)[C@@H](O)[C@@H]1O.O=P(O)(O)O. The van der Waals surface area contributed by atoms with Crippen molar-refractivity contribution in [2.75, 3.05) is 39.6 Å². The predicted molar refractivity (Wildman–Crippen MR) is 242 cm³/mol. The fourth-order valence-electron chi connectivity index (χ4n) is 6.71. The summed E-state index contributed by atoms with van der Waals surface area (Å²) in [6.07, 6.45) is -29.1. The van der Waals surface area contributed by atoms with Gasteiger partial charge in [-0.2, -0.15) is 0 Å². The molecule has 77 heavy (non-hydrogen) atoms. The van der Waals surface area contributed by atoms with Crippen LogP contribution in [0.15, 0.2) is 0 Å². The normalized spacial score (nSPS) is 46.8. The van der Waals surface area contributed by atoms with Crippen molar-refractivity contribution in [1.82, 2.24) is 0 Å². The summed E-state index contributed by atoms with van der Waals surface area (Å²) in [5.74, 6) is 0. The monoisotopic (exact) mass is 1170 g/mol. The van der Waals surface area contributed by atoms with Crippen molar-refractivity contribution in [3.05, 3.63) is 0 Å². The van der Waals surface area contributed by atoms with Crippen molar-refractivity contribution in [3.8, 4) is 0 Å². The van der Waals surface area contributed by atoms with Crippen molar-refractivity contribution >= 4 is 7.82 Å². The van der Waals surface area contributed by atoms with Gasteiger partial charge in [-0.3, -0.25) is 0 Å². The average Bonchev–Trinajstić information content (AvgIpc) is 3.39. The van der Waals surface area contributed by atoms with Gasteiger partial charge in [-0.05, 0) is 0 Å². The lowest BCUT2D eigenvalue weighted by molar-refractivity contribution is -0.248. The Hall–Kier alpha value is -1.33. The van der Waals surface area contributed by atoms with E-state index in [1.807, 2.05) is 0 Å². The number of hydrogen-bond donors (Lipinski definition) is 33. The first kappa shape index (κ1) is 75.7. The van der Waals surface area contributed by atoms with Gasteiger partial charge in [0.2, 0.25) is 0 Å². The number of rotatable bonds is 6. The lowest BCUT2D eigenvalue weighted by atomic mass is 9.98. The van der Waals surface area contributed by atoms with E-state index in [4.69, 9.17) is 143 Å². The van der Waals surface area contributed by atoms with E-state index >= 15 is 0 Å². The Labute approximate surface area is 435 Å². The Morgan fingerprint density at radius 1 is 0.247 bits per heavy atom. The number of aliphatic hydroxyl groups is 24. The zero-order chi connectivity index (χ0) is 60.3. The third-order valence-electron chi connectivity index (χ3n) is 11.7. The van der Waals surface area contributed by atoms with Crippen LogP contribution in [0, 0.1) is 0 Å². The van der Waals surface area contributed by atoms with Crippen LogP contribution >= 0.6 is 7.82 Å². The van der Waals surface area contributed by atoms with E-state index in [0.29, 0.717) is 0 Å². The summed E-state index contributed by atoms with van der Waals surface area (Å²) in [4.78, 5) is 21.6. The van der Waals surface area contributed by atoms with E-state index in [-0.39, 0.29) is 0 Å². The smallest absolute Gasteiger partial charge is 0.394 e. The summed E-state index contributed by atoms with van der Waals surface area (Å²) < 4.78 is 37.1. The molecular formula is C36H81N6O34P. The summed E-state index contributed by atoms with van der Waals surface area (Å²) in [6, 6.07) is -6.23. The van der Waals surface area contributed by atoms with E-state index in [1.165, 1.54) is 0 Å². The summed E-state index contributed by atoms with van der Waals surface area (Å²) >= 11 is 0. The topological polar surface area (TPSA) is 775 Å². The van der Waals surface area contributed by atoms with Crippen LogP contribution in [-0.4, -0.2) is 361 Å². The average molecular weight is 1170 g/mol. The molecule has 6 heterocycles. The Morgan fingerprint density at radius 3 is 0.416 bits per heavy atom. The maximum atomic E-state index is 9.20. The van der Waals surface area contributed by atoms with Crippen molar-refractivity contribution in [1.29, 1.82) is 0 Å². The number of phosphoric acid groups is 1. The Kier molecular flexibility index (Phi) is 35.0. The minimum Gasteiger partial charge on any atom is -0.394 e. The highest BCUT2D eigenvalue weighted by atomic mass is 31.2. The molecule has 0 spiro atoms. The quantitative estimate of drug-likeness (QED) is 0.110. The molecule has 6 aliphatic rings. The van der Waals surface area contributed by atoms with Gasteiger partial charge in [0.25, 0.3) is 0 Å². The molecule has 6 rings (SSSR count). The van der Waals surface area contributed by atoms with Gasteiger partial charge >= 0.3 is 7.82 Å². The second-order valence-corrected chi connectivity index (χ2v) is 18.4. The van der Waals surface area contributed by atoms with Gasteiger partial charge in [0, 0.05) is 0 Å². The van der Waals surface area contributed by atoms with Crippen LogP contribution in [-0.2, 0) is 33.0 Å². The highest BCUT2D eigenvalue weighted by Crippen LogP contribution is 2.26. The molecule has 6 aliphatic heterocycles. The Balaban J connectivity index is 0.000000884. The van der Waals surface area contributed by atoms with Crippen molar-refractivity contribution in [3.63, 3.8) is 0 Å². The zero-order valence-corrected chi connectivity index (χ0v) is 41.3. The first-order chi connectivity index (χ1) is 35.4. The van der Waals surface area contributed by atoms with E-state index < -0.39 is 231 Å². The standard InChI is InChI=1S/6C6H13NO5.H3O4P/c6*7-3-5(10)4(9)2(1-8)12-6(3)11;1-5(2,3)4/h6*2-6,8-11H,1,7H2;(H3,1,2,3,4)/t6*2-,3-,4-,5-,6?;/m111111./s1. The molecule has 6 unspecified atom stereocenters. The minimum absolute atomic E-state index is 0.470. The van der Waals surface area contributed by atoms with Crippen LogP contribution in [0.2, 0.25) is 0 Å². The molecule has 0 aliphatic carbocycles. The van der Waals surface area contributed by atoms with Crippen LogP contribution in [0.4, 0.5) is 0 Å². The fourth-order valence-corrected chi connectivity index (χ4v) is 6.71. The minimum atomic E-state index is -4.64. The number of ether oxygens (including phenoxy) is 6. The molecule has 0 radical (unpaired) electrons. The molecule has 41 heteroatoms. The molecule has 0 aromatic carbocycles. The number of nitrogens with two attached hydrogens (primary N) is 6. The van der Waals surface area contributed by atoms with E-state index in [1.54, 1.807) is 0 Å². The molecule has 464 valence electrons. The van der Waals surface area contributed by atoms with Gasteiger partial charge in [0.05, 0.1) is 75.9 Å². The Bertz CT molecular complexity index is 1320. The summed E-state index contributed by atoms with van der Waals surface area (Å²) in [5, 5.41) is 216. The molecule has 6 saturated heterocycles. The van der Waals surface area contributed by atoms with E-state index in [0.717, 1.165) is 0 Å². The predicted octanol–water partition coefficient (Wildman–Crippen LogP) is -20.5. The molecule has 0 aromatic rings. The maximum absolute atomic E-state index is 9.20. The molecule has 30 atom stereocenters. The third kappa shape index (κ3) is 23.1. The van der Waals surface area contributed by atoms with Crippen molar-refractivity contribution in [2.45, 2.75) is 184 Å². The van der Waals surface area contributed by atoms with Crippen LogP contribution in [0.25, 0.3) is 0 Å². The van der Waals surface area contributed by atoms with Gasteiger partial charge < -0.3 is 200 Å². The maximum Gasteiger partial charge on any atom is 0.466 e. The molecular weight excluding hydrogens is 1090 g/mol. The molecule has 0 amide bonds. The van der Waals surface area contributed by atoms with Crippen LogP contribution in [0.5, 0.6) is 0 Å². The number of aliphatic hydroxyl groups excluding tert-OH is 24. The summed E-state index contributed by atoms with van der Waals surface area (Å²) in [6.45, 7) is -2.82. The first-order valence-corrected chi connectivity index (χ1v) is 24.2. The summed E-state index contributed by atoms with van der Waals surface area (Å²) in [5.41, 5.74) is 31.6. The fraction of sp³-hybridized carbons (Fsp3) is 1.00. The zero-order valence-electron chi connectivity index (χ0n) is 40.4. The lowest BCUT2D eigenvalue weighted by Crippen LogP contribution is -2.61.